The van der Waals surface area contributed by atoms with Crippen LogP contribution in [0.3, 0.4) is 0 Å². The van der Waals surface area contributed by atoms with Gasteiger partial charge in [0.05, 0.1) is 6.07 Å². The van der Waals surface area contributed by atoms with Gasteiger partial charge in [-0.05, 0) is 13.8 Å². The smallest absolute Gasteiger partial charge is 0.216 e. The lowest BCUT2D eigenvalue weighted by atomic mass is 10.1. The first-order chi connectivity index (χ1) is 4.27. The van der Waals surface area contributed by atoms with E-state index in [2.05, 4.69) is 5.14 Å². The van der Waals surface area contributed by atoms with E-state index in [4.69, 9.17) is 5.26 Å². The molecule has 0 fully saturated rings. The van der Waals surface area contributed by atoms with Crippen molar-refractivity contribution < 1.29 is 8.42 Å². The predicted molar refractivity (Wildman–Crippen MR) is 35.9 cm³/mol. The molecule has 0 aliphatic rings. The first-order valence-electron chi connectivity index (χ1n) is 2.50. The van der Waals surface area contributed by atoms with Crippen LogP contribution in [0.1, 0.15) is 13.8 Å². The number of nitrogens with two attached hydrogens (primary N) is 1. The maximum absolute atomic E-state index is 10.3. The second kappa shape index (κ2) is 2.54. The van der Waals surface area contributed by atoms with Gasteiger partial charge in [0.2, 0.25) is 0 Å². The van der Waals surface area contributed by atoms with Crippen LogP contribution in [-0.2, 0) is 10.2 Å². The Balaban J connectivity index is 4.35. The van der Waals surface area contributed by atoms with Crippen LogP contribution in [0.4, 0.5) is 0 Å². The lowest BCUT2D eigenvalue weighted by molar-refractivity contribution is 0.537. The highest BCUT2D eigenvalue weighted by Crippen LogP contribution is 1.98. The van der Waals surface area contributed by atoms with Gasteiger partial charge in [-0.3, -0.25) is 0 Å². The molecule has 0 amide bonds. The second-order valence-electron chi connectivity index (χ2n) is 2.38. The van der Waals surface area contributed by atoms with Crippen molar-refractivity contribution in [3.63, 3.8) is 0 Å². The highest BCUT2D eigenvalue weighted by Gasteiger charge is 2.20. The molecule has 0 aromatic rings. The second-order valence-corrected chi connectivity index (χ2v) is 3.68. The first kappa shape index (κ1) is 9.36. The summed E-state index contributed by atoms with van der Waals surface area (Å²) in [5, 5.41) is 12.9. The van der Waals surface area contributed by atoms with Crippen molar-refractivity contribution in [1.29, 1.82) is 5.26 Å². The molecule has 6 heteroatoms. The zero-order chi connectivity index (χ0) is 8.41. The number of hydrogen-bond acceptors (Lipinski definition) is 3. The number of nitrogens with zero attached hydrogens (tertiary/aromatic N) is 1. The zero-order valence-corrected chi connectivity index (χ0v) is 6.57. The standard InChI is InChI=1S/C4H9N3O2S/c1-4(2,3-5)7-10(6,8)9/h7H,1-2H3,(H2,6,8,9). The molecule has 3 N–H and O–H groups in total. The van der Waals surface area contributed by atoms with Crippen molar-refractivity contribution in [2.24, 2.45) is 5.14 Å². The molecule has 0 bridgehead atoms. The Morgan fingerprint density at radius 1 is 1.60 bits per heavy atom. The van der Waals surface area contributed by atoms with E-state index < -0.39 is 15.7 Å². The van der Waals surface area contributed by atoms with Gasteiger partial charge in [-0.1, -0.05) is 0 Å². The lowest BCUT2D eigenvalue weighted by Gasteiger charge is -2.14. The summed E-state index contributed by atoms with van der Waals surface area (Å²) in [6, 6.07) is 1.73. The number of nitrogens with one attached hydrogen (secondary N) is 1. The van der Waals surface area contributed by atoms with Crippen LogP contribution in [0.5, 0.6) is 0 Å². The van der Waals surface area contributed by atoms with Gasteiger partial charge in [-0.25, -0.2) is 5.14 Å². The fourth-order valence-electron chi connectivity index (χ4n) is 0.378. The minimum absolute atomic E-state index is 1.13. The van der Waals surface area contributed by atoms with Crippen molar-refractivity contribution in [3.05, 3.63) is 0 Å². The summed E-state index contributed by atoms with van der Waals surface area (Å²) in [4.78, 5) is 0. The molecule has 0 rings (SSSR count). The van der Waals surface area contributed by atoms with E-state index in [0.717, 1.165) is 0 Å². The molecular formula is C4H9N3O2S. The van der Waals surface area contributed by atoms with E-state index in [0.29, 0.717) is 0 Å². The minimum Gasteiger partial charge on any atom is -0.216 e. The maximum atomic E-state index is 10.3. The Morgan fingerprint density at radius 2 is 2.00 bits per heavy atom. The highest BCUT2D eigenvalue weighted by molar-refractivity contribution is 7.87. The molecule has 0 aromatic heterocycles. The molecule has 0 aromatic carbocycles. The average molecular weight is 163 g/mol. The third kappa shape index (κ3) is 4.26. The Kier molecular flexibility index (Phi) is 2.37. The van der Waals surface area contributed by atoms with Gasteiger partial charge < -0.3 is 0 Å². The monoisotopic (exact) mass is 163 g/mol. The van der Waals surface area contributed by atoms with Crippen molar-refractivity contribution >= 4 is 10.2 Å². The molecular weight excluding hydrogens is 154 g/mol. The highest BCUT2D eigenvalue weighted by atomic mass is 32.2. The Labute approximate surface area is 60.0 Å². The molecule has 0 saturated carbocycles. The molecule has 10 heavy (non-hydrogen) atoms. The summed E-state index contributed by atoms with van der Waals surface area (Å²) in [5.41, 5.74) is -1.13. The predicted octanol–water partition coefficient (Wildman–Crippen LogP) is -0.918. The van der Waals surface area contributed by atoms with E-state index >= 15 is 0 Å². The molecule has 0 aliphatic heterocycles. The molecule has 0 atom stereocenters. The molecule has 0 aliphatic carbocycles. The summed E-state index contributed by atoms with van der Waals surface area (Å²) in [6.07, 6.45) is 0. The average Bonchev–Trinajstić information content (AvgIpc) is 1.60. The largest absolute Gasteiger partial charge is 0.275 e. The summed E-state index contributed by atoms with van der Waals surface area (Å²) in [5.74, 6) is 0. The Morgan fingerprint density at radius 3 is 2.10 bits per heavy atom. The van der Waals surface area contributed by atoms with Gasteiger partial charge in [-0.15, -0.1) is 0 Å². The summed E-state index contributed by atoms with van der Waals surface area (Å²) in [7, 11) is -3.77. The van der Waals surface area contributed by atoms with Crippen LogP contribution in [0.2, 0.25) is 0 Å². The fraction of sp³-hybridized carbons (Fsp3) is 0.750. The minimum atomic E-state index is -3.77. The number of nitriles is 1. The Bertz CT molecular complexity index is 248. The number of rotatable bonds is 2. The van der Waals surface area contributed by atoms with Gasteiger partial charge in [0.25, 0.3) is 10.2 Å². The third-order valence-electron chi connectivity index (χ3n) is 0.677. The van der Waals surface area contributed by atoms with Gasteiger partial charge in [0.1, 0.15) is 5.54 Å². The molecule has 0 heterocycles. The van der Waals surface area contributed by atoms with E-state index in [1.807, 2.05) is 4.72 Å². The topological polar surface area (TPSA) is 96.0 Å². The van der Waals surface area contributed by atoms with Crippen LogP contribution in [0, 0.1) is 11.3 Å². The molecule has 5 nitrogen and oxygen atoms in total. The van der Waals surface area contributed by atoms with Crippen molar-refractivity contribution in [2.75, 3.05) is 0 Å². The number of hydrogen-bond donors (Lipinski definition) is 2. The summed E-state index contributed by atoms with van der Waals surface area (Å²) < 4.78 is 22.6. The van der Waals surface area contributed by atoms with Crippen LogP contribution >= 0.6 is 0 Å². The van der Waals surface area contributed by atoms with Crippen molar-refractivity contribution in [2.45, 2.75) is 19.4 Å². The van der Waals surface area contributed by atoms with Crippen molar-refractivity contribution in [3.8, 4) is 6.07 Å². The van der Waals surface area contributed by atoms with Gasteiger partial charge >= 0.3 is 0 Å². The molecule has 0 saturated heterocycles. The van der Waals surface area contributed by atoms with Crippen LogP contribution in [0.25, 0.3) is 0 Å². The van der Waals surface area contributed by atoms with Gasteiger partial charge in [-0.2, -0.15) is 18.4 Å². The molecule has 0 radical (unpaired) electrons. The van der Waals surface area contributed by atoms with Crippen LogP contribution in [-0.4, -0.2) is 14.0 Å². The quantitative estimate of drug-likeness (QED) is 0.551. The third-order valence-corrected chi connectivity index (χ3v) is 1.47. The van der Waals surface area contributed by atoms with E-state index in [9.17, 15) is 8.42 Å². The van der Waals surface area contributed by atoms with E-state index in [1.54, 1.807) is 6.07 Å². The lowest BCUT2D eigenvalue weighted by Crippen LogP contribution is -2.45. The van der Waals surface area contributed by atoms with Gasteiger partial charge in [0, 0.05) is 0 Å². The molecule has 0 spiro atoms. The fourth-order valence-corrected chi connectivity index (χ4v) is 1.14. The molecule has 0 unspecified atom stereocenters. The SMILES string of the molecule is CC(C)(C#N)NS(N)(=O)=O. The van der Waals surface area contributed by atoms with E-state index in [-0.39, 0.29) is 0 Å². The van der Waals surface area contributed by atoms with Crippen molar-refractivity contribution in [1.82, 2.24) is 4.72 Å². The molecule has 58 valence electrons. The first-order valence-corrected chi connectivity index (χ1v) is 4.04. The summed E-state index contributed by atoms with van der Waals surface area (Å²) >= 11 is 0. The van der Waals surface area contributed by atoms with Crippen LogP contribution in [0.15, 0.2) is 0 Å². The zero-order valence-electron chi connectivity index (χ0n) is 5.75. The van der Waals surface area contributed by atoms with Crippen LogP contribution < -0.4 is 9.86 Å². The summed E-state index contributed by atoms with van der Waals surface area (Å²) in [6.45, 7) is 2.83. The van der Waals surface area contributed by atoms with E-state index in [1.165, 1.54) is 13.8 Å². The maximum Gasteiger partial charge on any atom is 0.275 e. The Hall–Kier alpha value is -0.640. The normalized spacial score (nSPS) is 12.6. The van der Waals surface area contributed by atoms with Gasteiger partial charge in [0.15, 0.2) is 0 Å².